The molecular formula is C21H23N3OS. The molecule has 4 nitrogen and oxygen atoms in total. The first kappa shape index (κ1) is 18.1. The van der Waals surface area contributed by atoms with Crippen LogP contribution in [0.25, 0.3) is 0 Å². The number of pyridine rings is 1. The zero-order chi connectivity index (χ0) is 18.5. The lowest BCUT2D eigenvalue weighted by Gasteiger charge is -2.14. The molecule has 0 aliphatic carbocycles. The van der Waals surface area contributed by atoms with Gasteiger partial charge in [0.15, 0.2) is 0 Å². The number of rotatable bonds is 6. The van der Waals surface area contributed by atoms with Gasteiger partial charge in [-0.15, -0.1) is 11.3 Å². The van der Waals surface area contributed by atoms with Crippen molar-refractivity contribution in [3.63, 3.8) is 0 Å². The van der Waals surface area contributed by atoms with Crippen LogP contribution < -0.4 is 10.6 Å². The molecule has 1 atom stereocenters. The van der Waals surface area contributed by atoms with Crippen molar-refractivity contribution in [2.45, 2.75) is 33.4 Å². The van der Waals surface area contributed by atoms with E-state index in [4.69, 9.17) is 0 Å². The lowest BCUT2D eigenvalue weighted by atomic mass is 10.1. The summed E-state index contributed by atoms with van der Waals surface area (Å²) in [6, 6.07) is 13.5. The molecule has 1 amide bonds. The summed E-state index contributed by atoms with van der Waals surface area (Å²) >= 11 is 1.74. The van der Waals surface area contributed by atoms with Gasteiger partial charge in [-0.05, 0) is 67.6 Å². The van der Waals surface area contributed by atoms with E-state index in [2.05, 4.69) is 34.0 Å². The lowest BCUT2D eigenvalue weighted by Crippen LogP contribution is -2.27. The molecule has 0 radical (unpaired) electrons. The summed E-state index contributed by atoms with van der Waals surface area (Å²) in [4.78, 5) is 18.3. The molecule has 0 saturated carbocycles. The lowest BCUT2D eigenvalue weighted by molar-refractivity contribution is 0.0939. The Hall–Kier alpha value is -2.66. The summed E-state index contributed by atoms with van der Waals surface area (Å²) in [5.41, 5.74) is 4.82. The highest BCUT2D eigenvalue weighted by Crippen LogP contribution is 2.19. The minimum Gasteiger partial charge on any atom is -0.380 e. The smallest absolute Gasteiger partial charge is 0.251 e. The van der Waals surface area contributed by atoms with Gasteiger partial charge >= 0.3 is 0 Å². The molecule has 26 heavy (non-hydrogen) atoms. The summed E-state index contributed by atoms with van der Waals surface area (Å²) in [7, 11) is 0. The number of anilines is 1. The first-order valence-corrected chi connectivity index (χ1v) is 9.51. The number of thiophene rings is 1. The highest BCUT2D eigenvalue weighted by Gasteiger charge is 2.13. The molecule has 134 valence electrons. The van der Waals surface area contributed by atoms with Gasteiger partial charge in [0, 0.05) is 28.9 Å². The SMILES string of the molecule is Cc1ccc(C(C)NC(=O)c2cccc(NCc3sccc3C)c2)nc1. The van der Waals surface area contributed by atoms with Gasteiger partial charge in [-0.25, -0.2) is 0 Å². The monoisotopic (exact) mass is 365 g/mol. The minimum absolute atomic E-state index is 0.101. The second-order valence-electron chi connectivity index (χ2n) is 6.42. The van der Waals surface area contributed by atoms with Crippen LogP contribution in [0, 0.1) is 13.8 Å². The predicted octanol–water partition coefficient (Wildman–Crippen LogP) is 4.86. The molecule has 2 N–H and O–H groups in total. The Morgan fingerprint density at radius 1 is 1.19 bits per heavy atom. The Morgan fingerprint density at radius 3 is 2.73 bits per heavy atom. The van der Waals surface area contributed by atoms with Crippen molar-refractivity contribution < 1.29 is 4.79 Å². The van der Waals surface area contributed by atoms with Crippen molar-refractivity contribution in [1.29, 1.82) is 0 Å². The van der Waals surface area contributed by atoms with Gasteiger partial charge < -0.3 is 10.6 Å². The molecule has 3 aromatic rings. The second-order valence-corrected chi connectivity index (χ2v) is 7.42. The average Bonchev–Trinajstić information content (AvgIpc) is 3.05. The van der Waals surface area contributed by atoms with E-state index >= 15 is 0 Å². The van der Waals surface area contributed by atoms with Gasteiger partial charge in [-0.2, -0.15) is 0 Å². The summed E-state index contributed by atoms with van der Waals surface area (Å²) in [5.74, 6) is -0.101. The molecule has 3 rings (SSSR count). The first-order valence-electron chi connectivity index (χ1n) is 8.63. The predicted molar refractivity (Wildman–Crippen MR) is 108 cm³/mol. The van der Waals surface area contributed by atoms with Crippen LogP contribution in [0.4, 0.5) is 5.69 Å². The van der Waals surface area contributed by atoms with Crippen LogP contribution in [0.2, 0.25) is 0 Å². The molecule has 0 fully saturated rings. The number of amides is 1. The first-order chi connectivity index (χ1) is 12.5. The van der Waals surface area contributed by atoms with E-state index in [1.807, 2.05) is 56.4 Å². The maximum Gasteiger partial charge on any atom is 0.251 e. The number of nitrogens with zero attached hydrogens (tertiary/aromatic N) is 1. The molecule has 2 heterocycles. The Labute approximate surface area is 158 Å². The largest absolute Gasteiger partial charge is 0.380 e. The van der Waals surface area contributed by atoms with E-state index in [1.54, 1.807) is 11.3 Å². The Kier molecular flexibility index (Phi) is 5.68. The summed E-state index contributed by atoms with van der Waals surface area (Å²) < 4.78 is 0. The van der Waals surface area contributed by atoms with Crippen LogP contribution in [0.1, 0.15) is 45.0 Å². The minimum atomic E-state index is -0.145. The van der Waals surface area contributed by atoms with E-state index in [0.29, 0.717) is 5.56 Å². The van der Waals surface area contributed by atoms with Crippen molar-refractivity contribution >= 4 is 22.9 Å². The summed E-state index contributed by atoms with van der Waals surface area (Å²) in [5, 5.41) is 8.50. The number of hydrogen-bond donors (Lipinski definition) is 2. The van der Waals surface area contributed by atoms with Gasteiger partial charge in [-0.3, -0.25) is 9.78 Å². The number of aromatic nitrogens is 1. The fourth-order valence-electron chi connectivity index (χ4n) is 2.63. The van der Waals surface area contributed by atoms with E-state index in [0.717, 1.165) is 23.5 Å². The fourth-order valence-corrected chi connectivity index (χ4v) is 3.47. The maximum absolute atomic E-state index is 12.6. The van der Waals surface area contributed by atoms with E-state index < -0.39 is 0 Å². The van der Waals surface area contributed by atoms with Crippen LogP contribution in [0.5, 0.6) is 0 Å². The maximum atomic E-state index is 12.6. The third kappa shape index (κ3) is 4.49. The third-order valence-electron chi connectivity index (χ3n) is 4.27. The summed E-state index contributed by atoms with van der Waals surface area (Å²) in [6.45, 7) is 6.81. The van der Waals surface area contributed by atoms with Crippen LogP contribution in [0.3, 0.4) is 0 Å². The molecule has 0 aliphatic heterocycles. The zero-order valence-corrected chi connectivity index (χ0v) is 16.1. The third-order valence-corrected chi connectivity index (χ3v) is 5.29. The van der Waals surface area contributed by atoms with Gasteiger partial charge in [-0.1, -0.05) is 12.1 Å². The molecule has 0 saturated heterocycles. The molecule has 1 aromatic carbocycles. The highest BCUT2D eigenvalue weighted by atomic mass is 32.1. The van der Waals surface area contributed by atoms with Crippen LogP contribution in [-0.4, -0.2) is 10.9 Å². The van der Waals surface area contributed by atoms with Crippen molar-refractivity contribution in [3.8, 4) is 0 Å². The number of benzene rings is 1. The average molecular weight is 366 g/mol. The van der Waals surface area contributed by atoms with Crippen molar-refractivity contribution in [2.75, 3.05) is 5.32 Å². The fraction of sp³-hybridized carbons (Fsp3) is 0.238. The normalized spacial score (nSPS) is 11.8. The van der Waals surface area contributed by atoms with Gasteiger partial charge in [0.2, 0.25) is 0 Å². The number of hydrogen-bond acceptors (Lipinski definition) is 4. The van der Waals surface area contributed by atoms with E-state index in [-0.39, 0.29) is 11.9 Å². The number of nitrogens with one attached hydrogen (secondary N) is 2. The van der Waals surface area contributed by atoms with E-state index in [1.165, 1.54) is 10.4 Å². The van der Waals surface area contributed by atoms with Crippen molar-refractivity contribution in [3.05, 3.63) is 81.3 Å². The van der Waals surface area contributed by atoms with Crippen molar-refractivity contribution in [2.24, 2.45) is 0 Å². The highest BCUT2D eigenvalue weighted by molar-refractivity contribution is 7.10. The van der Waals surface area contributed by atoms with Gasteiger partial charge in [0.1, 0.15) is 0 Å². The molecule has 0 aliphatic rings. The molecule has 0 bridgehead atoms. The Morgan fingerprint density at radius 2 is 2.04 bits per heavy atom. The van der Waals surface area contributed by atoms with Gasteiger partial charge in [0.25, 0.3) is 5.91 Å². The summed E-state index contributed by atoms with van der Waals surface area (Å²) in [6.07, 6.45) is 1.81. The Bertz CT molecular complexity index is 886. The molecule has 2 aromatic heterocycles. The number of carbonyl (C=O) groups excluding carboxylic acids is 1. The molecular weight excluding hydrogens is 342 g/mol. The quantitative estimate of drug-likeness (QED) is 0.656. The number of carbonyl (C=O) groups is 1. The van der Waals surface area contributed by atoms with Gasteiger partial charge in [0.05, 0.1) is 11.7 Å². The molecule has 1 unspecified atom stereocenters. The second kappa shape index (κ2) is 8.15. The van der Waals surface area contributed by atoms with Crippen molar-refractivity contribution in [1.82, 2.24) is 10.3 Å². The number of aryl methyl sites for hydroxylation is 2. The molecule has 5 heteroatoms. The zero-order valence-electron chi connectivity index (χ0n) is 15.2. The van der Waals surface area contributed by atoms with Crippen LogP contribution in [-0.2, 0) is 6.54 Å². The Balaban J connectivity index is 1.64. The molecule has 0 spiro atoms. The van der Waals surface area contributed by atoms with Crippen LogP contribution in [0.15, 0.2) is 54.0 Å². The van der Waals surface area contributed by atoms with Crippen LogP contribution >= 0.6 is 11.3 Å². The standard InChI is InChI=1S/C21H23N3OS/c1-14-7-8-19(23-12-14)16(3)24-21(25)17-5-4-6-18(11-17)22-13-20-15(2)9-10-26-20/h4-12,16,22H,13H2,1-3H3,(H,24,25). The topological polar surface area (TPSA) is 54.0 Å². The van der Waals surface area contributed by atoms with E-state index in [9.17, 15) is 4.79 Å².